The van der Waals surface area contributed by atoms with Crippen molar-refractivity contribution in [2.75, 3.05) is 12.8 Å². The minimum Gasteiger partial charge on any atom is -1.00 e. The maximum Gasteiger partial charge on any atom is 0.115 e. The van der Waals surface area contributed by atoms with Gasteiger partial charge in [-0.25, -0.2) is 0 Å². The van der Waals surface area contributed by atoms with Gasteiger partial charge in [-0.1, -0.05) is 122 Å². The summed E-state index contributed by atoms with van der Waals surface area (Å²) in [5.74, 6) is 0. The first-order chi connectivity index (χ1) is 20.7. The number of halogens is 2. The number of hydrogen-bond donors (Lipinski definition) is 0. The molecule has 4 heteroatoms. The van der Waals surface area contributed by atoms with Crippen molar-refractivity contribution in [3.05, 3.63) is 195 Å². The van der Waals surface area contributed by atoms with Crippen molar-refractivity contribution in [1.82, 2.24) is 0 Å². The summed E-state index contributed by atoms with van der Waals surface area (Å²) in [5.41, 5.74) is 0. The SMILES string of the molecule is C=CC[P+](c1ccccc1)(c1ccccc1)c1ccccc1.C[P+](c1ccccc1)(c1ccccc1)c1ccccc1.[Cl-].[Cl-]. The summed E-state index contributed by atoms with van der Waals surface area (Å²) in [6.45, 7) is 6.46. The maximum atomic E-state index is 4.05. The third kappa shape index (κ3) is 7.58. The monoisotopic (exact) mass is 650 g/mol. The largest absolute Gasteiger partial charge is 1.00 e. The van der Waals surface area contributed by atoms with Crippen LogP contribution in [0.2, 0.25) is 0 Å². The maximum absolute atomic E-state index is 4.05. The van der Waals surface area contributed by atoms with Gasteiger partial charge in [0.25, 0.3) is 0 Å². The van der Waals surface area contributed by atoms with E-state index in [-0.39, 0.29) is 24.8 Å². The Morgan fingerprint density at radius 3 is 0.795 bits per heavy atom. The second kappa shape index (κ2) is 17.1. The average molecular weight is 652 g/mol. The molecule has 0 fully saturated rings. The summed E-state index contributed by atoms with van der Waals surface area (Å²) < 4.78 is 0. The minimum atomic E-state index is -1.67. The lowest BCUT2D eigenvalue weighted by Crippen LogP contribution is -3.00. The molecule has 0 saturated heterocycles. The average Bonchev–Trinajstić information content (AvgIpc) is 3.09. The summed E-state index contributed by atoms with van der Waals surface area (Å²) in [7, 11) is -3.20. The summed E-state index contributed by atoms with van der Waals surface area (Å²) >= 11 is 0. The van der Waals surface area contributed by atoms with Crippen LogP contribution in [0.15, 0.2) is 195 Å². The Bertz CT molecular complexity index is 1450. The van der Waals surface area contributed by atoms with Crippen LogP contribution in [0, 0.1) is 0 Å². The number of rotatable bonds is 8. The molecule has 0 N–H and O–H groups in total. The standard InChI is InChI=1S/C21H20P.C19H18P.2ClH/c1-2-18-22(19-12-6-3-7-13-19,20-14-8-4-9-15-20)21-16-10-5-11-17-21;1-20(17-11-5-2-6-12-17,18-13-7-3-8-14-18)19-15-9-4-10-16-19;;/h2-17H,1,18H2;2-16H,1H3;2*1H/q2*+1;;/p-2. The molecule has 0 spiro atoms. The van der Waals surface area contributed by atoms with Crippen LogP contribution in [0.1, 0.15) is 0 Å². The normalized spacial score (nSPS) is 10.7. The van der Waals surface area contributed by atoms with Crippen molar-refractivity contribution in [2.45, 2.75) is 0 Å². The smallest absolute Gasteiger partial charge is 0.115 e. The molecular formula is C40H38Cl2P2. The molecule has 44 heavy (non-hydrogen) atoms. The van der Waals surface area contributed by atoms with Gasteiger partial charge < -0.3 is 24.8 Å². The van der Waals surface area contributed by atoms with Crippen molar-refractivity contribution < 1.29 is 24.8 Å². The summed E-state index contributed by atoms with van der Waals surface area (Å²) in [6, 6.07) is 65.3. The Morgan fingerprint density at radius 1 is 0.386 bits per heavy atom. The van der Waals surface area contributed by atoms with Gasteiger partial charge in [-0.3, -0.25) is 0 Å². The van der Waals surface area contributed by atoms with Crippen LogP contribution in [0.5, 0.6) is 0 Å². The molecule has 0 heterocycles. The van der Waals surface area contributed by atoms with Crippen LogP contribution in [0.4, 0.5) is 0 Å². The van der Waals surface area contributed by atoms with E-state index in [2.05, 4.69) is 201 Å². The first-order valence-corrected chi connectivity index (χ1v) is 18.6. The first kappa shape index (κ1) is 35.0. The fraction of sp³-hybridized carbons (Fsp3) is 0.0500. The molecule has 0 saturated carbocycles. The Balaban J connectivity index is 0.000000231. The van der Waals surface area contributed by atoms with Crippen LogP contribution in [0.3, 0.4) is 0 Å². The van der Waals surface area contributed by atoms with Crippen molar-refractivity contribution in [1.29, 1.82) is 0 Å². The van der Waals surface area contributed by atoms with Gasteiger partial charge >= 0.3 is 0 Å². The van der Waals surface area contributed by atoms with Crippen LogP contribution in [-0.2, 0) is 0 Å². The van der Waals surface area contributed by atoms with Crippen LogP contribution < -0.4 is 56.6 Å². The zero-order valence-corrected chi connectivity index (χ0v) is 28.3. The first-order valence-electron chi connectivity index (χ1n) is 14.4. The van der Waals surface area contributed by atoms with Gasteiger partial charge in [0.1, 0.15) is 46.4 Å². The van der Waals surface area contributed by atoms with Gasteiger partial charge in [-0.15, -0.1) is 0 Å². The molecule has 0 unspecified atom stereocenters. The van der Waals surface area contributed by atoms with Crippen molar-refractivity contribution >= 4 is 46.4 Å². The fourth-order valence-electron chi connectivity index (χ4n) is 5.63. The quantitative estimate of drug-likeness (QED) is 0.174. The molecule has 6 aromatic rings. The van der Waals surface area contributed by atoms with E-state index < -0.39 is 14.5 Å². The molecule has 0 aliphatic rings. The molecule has 0 aliphatic heterocycles. The molecular weight excluding hydrogens is 613 g/mol. The Kier molecular flexibility index (Phi) is 13.6. The predicted octanol–water partition coefficient (Wildman–Crippen LogP) is 1.78. The van der Waals surface area contributed by atoms with E-state index in [1.807, 2.05) is 0 Å². The van der Waals surface area contributed by atoms with E-state index in [4.69, 9.17) is 0 Å². The topological polar surface area (TPSA) is 0 Å². The summed E-state index contributed by atoms with van der Waals surface area (Å²) in [4.78, 5) is 0. The third-order valence-corrected chi connectivity index (χ3v) is 16.1. The van der Waals surface area contributed by atoms with E-state index in [0.29, 0.717) is 0 Å². The lowest BCUT2D eigenvalue weighted by atomic mass is 10.4. The lowest BCUT2D eigenvalue weighted by molar-refractivity contribution is -0.001000. The Labute approximate surface area is 277 Å². The van der Waals surface area contributed by atoms with Crippen molar-refractivity contribution in [3.8, 4) is 0 Å². The highest BCUT2D eigenvalue weighted by atomic mass is 35.5. The molecule has 0 aliphatic carbocycles. The zero-order chi connectivity index (χ0) is 29.1. The second-order valence-corrected chi connectivity index (χ2v) is 17.4. The van der Waals surface area contributed by atoms with Gasteiger partial charge in [0.2, 0.25) is 0 Å². The fourth-order valence-corrected chi connectivity index (χ4v) is 12.8. The van der Waals surface area contributed by atoms with E-state index in [0.717, 1.165) is 6.16 Å². The molecule has 0 amide bonds. The molecule has 0 radical (unpaired) electrons. The van der Waals surface area contributed by atoms with Gasteiger partial charge in [0.05, 0.1) is 12.8 Å². The highest BCUT2D eigenvalue weighted by molar-refractivity contribution is 7.96. The summed E-state index contributed by atoms with van der Waals surface area (Å²) in [6.07, 6.45) is 3.05. The van der Waals surface area contributed by atoms with E-state index in [9.17, 15) is 0 Å². The zero-order valence-electron chi connectivity index (χ0n) is 25.0. The highest BCUT2D eigenvalue weighted by Crippen LogP contribution is 2.55. The molecule has 0 nitrogen and oxygen atoms in total. The van der Waals surface area contributed by atoms with Gasteiger partial charge in [-0.05, 0) is 72.8 Å². The number of hydrogen-bond acceptors (Lipinski definition) is 0. The van der Waals surface area contributed by atoms with Gasteiger partial charge in [-0.2, -0.15) is 0 Å². The van der Waals surface area contributed by atoms with Crippen LogP contribution in [-0.4, -0.2) is 12.8 Å². The van der Waals surface area contributed by atoms with Crippen LogP contribution in [0.25, 0.3) is 0 Å². The molecule has 0 aromatic heterocycles. The van der Waals surface area contributed by atoms with Crippen LogP contribution >= 0.6 is 14.5 Å². The predicted molar refractivity (Wildman–Crippen MR) is 191 cm³/mol. The second-order valence-electron chi connectivity index (χ2n) is 10.3. The van der Waals surface area contributed by atoms with E-state index >= 15 is 0 Å². The van der Waals surface area contributed by atoms with Crippen molar-refractivity contribution in [2.24, 2.45) is 0 Å². The Morgan fingerprint density at radius 2 is 0.591 bits per heavy atom. The molecule has 6 rings (SSSR count). The minimum absolute atomic E-state index is 0. The van der Waals surface area contributed by atoms with Gasteiger partial charge in [0.15, 0.2) is 0 Å². The third-order valence-electron chi connectivity index (χ3n) is 7.81. The summed E-state index contributed by atoms with van der Waals surface area (Å²) in [5, 5.41) is 8.51. The lowest BCUT2D eigenvalue weighted by Gasteiger charge is -2.26. The van der Waals surface area contributed by atoms with Gasteiger partial charge in [0, 0.05) is 0 Å². The molecule has 0 atom stereocenters. The highest BCUT2D eigenvalue weighted by Gasteiger charge is 2.44. The molecule has 0 bridgehead atoms. The Hall–Kier alpha value is -3.50. The van der Waals surface area contributed by atoms with Crippen molar-refractivity contribution in [3.63, 3.8) is 0 Å². The molecule has 6 aromatic carbocycles. The molecule has 222 valence electrons. The van der Waals surface area contributed by atoms with E-state index in [1.54, 1.807) is 0 Å². The number of allylic oxidation sites excluding steroid dienone is 1. The van der Waals surface area contributed by atoms with E-state index in [1.165, 1.54) is 31.8 Å². The number of benzene rings is 6.